The van der Waals surface area contributed by atoms with Gasteiger partial charge in [-0.05, 0) is 18.9 Å². The molecule has 2 unspecified atom stereocenters. The van der Waals surface area contributed by atoms with E-state index in [-0.39, 0.29) is 18.6 Å². The van der Waals surface area contributed by atoms with E-state index in [0.29, 0.717) is 6.42 Å². The van der Waals surface area contributed by atoms with Crippen LogP contribution >= 0.6 is 0 Å². The molecule has 7 heteroatoms. The Morgan fingerprint density at radius 2 is 2.05 bits per heavy atom. The van der Waals surface area contributed by atoms with Gasteiger partial charge in [0.25, 0.3) is 5.69 Å². The molecule has 0 aliphatic heterocycles. The van der Waals surface area contributed by atoms with Gasteiger partial charge in [-0.3, -0.25) is 10.1 Å². The van der Waals surface area contributed by atoms with Crippen LogP contribution in [-0.2, 0) is 0 Å². The number of rotatable bonds is 4. The minimum atomic E-state index is -1.25. The van der Waals surface area contributed by atoms with Crippen LogP contribution in [0.5, 0.6) is 0 Å². The number of nitro benzene ring substituents is 1. The van der Waals surface area contributed by atoms with E-state index in [2.05, 4.69) is 5.32 Å². The number of nitrogens with zero attached hydrogens (tertiary/aromatic N) is 1. The third-order valence-corrected chi connectivity index (χ3v) is 3.74. The topological polar surface area (TPSA) is 75.4 Å². The van der Waals surface area contributed by atoms with E-state index in [1.165, 1.54) is 0 Å². The summed E-state index contributed by atoms with van der Waals surface area (Å²) in [7, 11) is 0. The average Bonchev–Trinajstić information content (AvgIpc) is 2.44. The average molecular weight is 286 g/mol. The lowest BCUT2D eigenvalue weighted by Gasteiger charge is -2.31. The zero-order valence-corrected chi connectivity index (χ0v) is 10.8. The monoisotopic (exact) mass is 286 g/mol. The van der Waals surface area contributed by atoms with Crippen LogP contribution < -0.4 is 5.32 Å². The van der Waals surface area contributed by atoms with Gasteiger partial charge < -0.3 is 10.4 Å². The summed E-state index contributed by atoms with van der Waals surface area (Å²) in [4.78, 5) is 10.2. The normalized spacial score (nSPS) is 22.6. The lowest BCUT2D eigenvalue weighted by Crippen LogP contribution is -2.35. The van der Waals surface area contributed by atoms with Crippen molar-refractivity contribution >= 4 is 11.4 Å². The molecule has 1 saturated carbocycles. The number of nitrogens with one attached hydrogen (secondary N) is 1. The molecule has 1 aromatic rings. The summed E-state index contributed by atoms with van der Waals surface area (Å²) in [5, 5.41) is 22.9. The quantitative estimate of drug-likeness (QED) is 0.659. The molecular weight excluding hydrogens is 270 g/mol. The maximum atomic E-state index is 13.8. The van der Waals surface area contributed by atoms with Crippen molar-refractivity contribution in [2.75, 3.05) is 11.9 Å². The zero-order chi connectivity index (χ0) is 14.7. The summed E-state index contributed by atoms with van der Waals surface area (Å²) < 4.78 is 27.1. The van der Waals surface area contributed by atoms with E-state index in [1.807, 2.05) is 0 Å². The fraction of sp³-hybridized carbons (Fsp3) is 0.538. The molecule has 1 fully saturated rings. The van der Waals surface area contributed by atoms with Crippen molar-refractivity contribution in [2.45, 2.75) is 31.7 Å². The molecule has 2 N–H and O–H groups in total. The van der Waals surface area contributed by atoms with Crippen LogP contribution in [0.2, 0.25) is 0 Å². The van der Waals surface area contributed by atoms with Crippen LogP contribution in [0.25, 0.3) is 0 Å². The van der Waals surface area contributed by atoms with Crippen LogP contribution in [0.1, 0.15) is 25.7 Å². The molecule has 1 aliphatic rings. The zero-order valence-electron chi connectivity index (χ0n) is 10.8. The Morgan fingerprint density at radius 3 is 2.70 bits per heavy atom. The first-order chi connectivity index (χ1) is 9.54. The van der Waals surface area contributed by atoms with Gasteiger partial charge in [0.05, 0.1) is 4.92 Å². The second kappa shape index (κ2) is 6.13. The van der Waals surface area contributed by atoms with E-state index in [0.717, 1.165) is 31.4 Å². The van der Waals surface area contributed by atoms with Crippen LogP contribution in [0.3, 0.4) is 0 Å². The van der Waals surface area contributed by atoms with Crippen LogP contribution in [0, 0.1) is 27.7 Å². The van der Waals surface area contributed by atoms with Crippen molar-refractivity contribution in [1.29, 1.82) is 0 Å². The Balaban J connectivity index is 2.31. The number of anilines is 1. The smallest absolute Gasteiger partial charge is 0.295 e. The largest absolute Gasteiger partial charge is 0.396 e. The Labute approximate surface area is 114 Å². The molecule has 0 radical (unpaired) electrons. The highest BCUT2D eigenvalue weighted by atomic mass is 19.2. The highest BCUT2D eigenvalue weighted by molar-refractivity contribution is 5.63. The SMILES string of the molecule is O=[N+]([O-])c1ccc(F)c(F)c1NC1CCCCC1CO. The first-order valence-corrected chi connectivity index (χ1v) is 6.54. The highest BCUT2D eigenvalue weighted by Crippen LogP contribution is 2.33. The number of halogens is 2. The fourth-order valence-electron chi connectivity index (χ4n) is 2.63. The van der Waals surface area contributed by atoms with Crippen LogP contribution in [0.4, 0.5) is 20.2 Å². The molecule has 2 rings (SSSR count). The van der Waals surface area contributed by atoms with Gasteiger partial charge in [0, 0.05) is 24.6 Å². The predicted octanol–water partition coefficient (Wildman–Crippen LogP) is 2.84. The molecule has 5 nitrogen and oxygen atoms in total. The Bertz CT molecular complexity index is 511. The Hall–Kier alpha value is -1.76. The number of hydrogen-bond donors (Lipinski definition) is 2. The summed E-state index contributed by atoms with van der Waals surface area (Å²) in [6.45, 7) is -0.0810. The molecule has 0 amide bonds. The third kappa shape index (κ3) is 2.87. The first-order valence-electron chi connectivity index (χ1n) is 6.54. The highest BCUT2D eigenvalue weighted by Gasteiger charge is 2.29. The fourth-order valence-corrected chi connectivity index (χ4v) is 2.63. The lowest BCUT2D eigenvalue weighted by atomic mass is 9.85. The first kappa shape index (κ1) is 14.6. The molecule has 1 aliphatic carbocycles. The van der Waals surface area contributed by atoms with Crippen molar-refractivity contribution in [3.05, 3.63) is 33.9 Å². The van der Waals surface area contributed by atoms with Gasteiger partial charge in [-0.1, -0.05) is 12.8 Å². The van der Waals surface area contributed by atoms with Crippen molar-refractivity contribution in [2.24, 2.45) is 5.92 Å². The summed E-state index contributed by atoms with van der Waals surface area (Å²) in [5.74, 6) is -2.48. The summed E-state index contributed by atoms with van der Waals surface area (Å²) in [6, 6.07) is 1.39. The van der Waals surface area contributed by atoms with Gasteiger partial charge in [-0.2, -0.15) is 0 Å². The second-order valence-electron chi connectivity index (χ2n) is 4.99. The lowest BCUT2D eigenvalue weighted by molar-refractivity contribution is -0.384. The molecule has 0 saturated heterocycles. The van der Waals surface area contributed by atoms with Gasteiger partial charge in [-0.25, -0.2) is 8.78 Å². The molecule has 0 bridgehead atoms. The van der Waals surface area contributed by atoms with Crippen molar-refractivity contribution in [3.8, 4) is 0 Å². The van der Waals surface area contributed by atoms with E-state index in [1.54, 1.807) is 0 Å². The summed E-state index contributed by atoms with van der Waals surface area (Å²) >= 11 is 0. The van der Waals surface area contributed by atoms with Gasteiger partial charge in [-0.15, -0.1) is 0 Å². The van der Waals surface area contributed by atoms with E-state index < -0.39 is 27.9 Å². The standard InChI is InChI=1S/C13H16F2N2O3/c14-9-5-6-11(17(19)20)13(12(9)15)16-10-4-2-1-3-8(10)7-18/h5-6,8,10,16,18H,1-4,7H2. The summed E-state index contributed by atoms with van der Waals surface area (Å²) in [5.41, 5.74) is -0.925. The van der Waals surface area contributed by atoms with Gasteiger partial charge in [0.1, 0.15) is 0 Å². The van der Waals surface area contributed by atoms with Crippen molar-refractivity contribution in [3.63, 3.8) is 0 Å². The maximum absolute atomic E-state index is 13.8. The number of aliphatic hydroxyl groups excluding tert-OH is 1. The molecule has 20 heavy (non-hydrogen) atoms. The second-order valence-corrected chi connectivity index (χ2v) is 4.99. The molecule has 0 heterocycles. The van der Waals surface area contributed by atoms with Gasteiger partial charge >= 0.3 is 0 Å². The van der Waals surface area contributed by atoms with Crippen molar-refractivity contribution < 1.29 is 18.8 Å². The van der Waals surface area contributed by atoms with E-state index >= 15 is 0 Å². The number of aliphatic hydroxyl groups is 1. The molecule has 1 aromatic carbocycles. The number of nitro groups is 1. The van der Waals surface area contributed by atoms with Gasteiger partial charge in [0.15, 0.2) is 17.3 Å². The molecule has 0 aromatic heterocycles. The molecule has 2 atom stereocenters. The van der Waals surface area contributed by atoms with Gasteiger partial charge in [0.2, 0.25) is 0 Å². The van der Waals surface area contributed by atoms with E-state index in [4.69, 9.17) is 0 Å². The van der Waals surface area contributed by atoms with Crippen LogP contribution in [-0.4, -0.2) is 22.7 Å². The maximum Gasteiger partial charge on any atom is 0.295 e. The number of benzene rings is 1. The third-order valence-electron chi connectivity index (χ3n) is 3.74. The summed E-state index contributed by atoms with van der Waals surface area (Å²) in [6.07, 6.45) is 3.27. The molecular formula is C13H16F2N2O3. The minimum absolute atomic E-state index is 0.0810. The molecule has 110 valence electrons. The minimum Gasteiger partial charge on any atom is -0.396 e. The predicted molar refractivity (Wildman–Crippen MR) is 69.5 cm³/mol. The van der Waals surface area contributed by atoms with E-state index in [9.17, 15) is 24.0 Å². The Kier molecular flexibility index (Phi) is 4.49. The Morgan fingerprint density at radius 1 is 1.35 bits per heavy atom. The number of hydrogen-bond acceptors (Lipinski definition) is 4. The van der Waals surface area contributed by atoms with Crippen LogP contribution in [0.15, 0.2) is 12.1 Å². The van der Waals surface area contributed by atoms with Crippen molar-refractivity contribution in [1.82, 2.24) is 0 Å². The molecule has 0 spiro atoms.